The van der Waals surface area contributed by atoms with Gasteiger partial charge in [0.2, 0.25) is 0 Å². The second-order valence-corrected chi connectivity index (χ2v) is 4.63. The lowest BCUT2D eigenvalue weighted by atomic mass is 10.2. The van der Waals surface area contributed by atoms with Crippen LogP contribution in [0.3, 0.4) is 0 Å². The number of hydrogen-bond donors (Lipinski definition) is 1. The number of carbonyl (C=O) groups excluding carboxylic acids is 1. The number of nitrogens with one attached hydrogen (secondary N) is 1. The predicted octanol–water partition coefficient (Wildman–Crippen LogP) is 2.68. The number of amides is 1. The lowest BCUT2D eigenvalue weighted by molar-refractivity contribution is 0.0953. The van der Waals surface area contributed by atoms with E-state index in [1.807, 2.05) is 0 Å². The number of hydrogen-bond acceptors (Lipinski definition) is 5. The topological polar surface area (TPSA) is 73.1 Å². The van der Waals surface area contributed by atoms with E-state index in [1.165, 1.54) is 6.21 Å². The molecule has 0 unspecified atom stereocenters. The van der Waals surface area contributed by atoms with E-state index in [2.05, 4.69) is 10.5 Å². The van der Waals surface area contributed by atoms with Crippen molar-refractivity contribution >= 4 is 12.1 Å². The second-order valence-electron chi connectivity index (χ2n) is 4.63. The van der Waals surface area contributed by atoms with Crippen molar-refractivity contribution in [2.75, 3.05) is 14.2 Å². The highest BCUT2D eigenvalue weighted by molar-refractivity contribution is 5.96. The molecule has 1 aromatic heterocycles. The van der Waals surface area contributed by atoms with Gasteiger partial charge in [-0.2, -0.15) is 5.10 Å². The van der Waals surface area contributed by atoms with Gasteiger partial charge >= 0.3 is 0 Å². The van der Waals surface area contributed by atoms with Crippen molar-refractivity contribution in [3.05, 3.63) is 46.9 Å². The smallest absolute Gasteiger partial charge is 0.274 e. The number of ether oxygens (including phenoxy) is 2. The van der Waals surface area contributed by atoms with E-state index in [0.29, 0.717) is 34.1 Å². The fraction of sp³-hybridized carbons (Fsp3) is 0.250. The van der Waals surface area contributed by atoms with Crippen molar-refractivity contribution in [1.82, 2.24) is 5.43 Å². The van der Waals surface area contributed by atoms with Crippen LogP contribution in [0.1, 0.15) is 27.4 Å². The molecule has 6 heteroatoms. The Morgan fingerprint density at radius 2 is 2.00 bits per heavy atom. The fourth-order valence-corrected chi connectivity index (χ4v) is 2.02. The van der Waals surface area contributed by atoms with Crippen LogP contribution in [0.5, 0.6) is 11.5 Å². The SMILES string of the molecule is COc1ccc(OC)c(C=NNC(=O)c2cc(C)oc2C)c1. The van der Waals surface area contributed by atoms with Crippen molar-refractivity contribution < 1.29 is 18.7 Å². The quantitative estimate of drug-likeness (QED) is 0.681. The highest BCUT2D eigenvalue weighted by atomic mass is 16.5. The molecular formula is C16H18N2O4. The summed E-state index contributed by atoms with van der Waals surface area (Å²) >= 11 is 0. The van der Waals surface area contributed by atoms with E-state index in [1.54, 1.807) is 52.3 Å². The highest BCUT2D eigenvalue weighted by Crippen LogP contribution is 2.22. The molecule has 0 spiro atoms. The number of rotatable bonds is 5. The third-order valence-corrected chi connectivity index (χ3v) is 3.09. The van der Waals surface area contributed by atoms with Crippen LogP contribution < -0.4 is 14.9 Å². The minimum absolute atomic E-state index is 0.326. The summed E-state index contributed by atoms with van der Waals surface area (Å²) in [5, 5.41) is 3.95. The van der Waals surface area contributed by atoms with Gasteiger partial charge in [-0.15, -0.1) is 0 Å². The van der Waals surface area contributed by atoms with Crippen LogP contribution in [-0.2, 0) is 0 Å². The van der Waals surface area contributed by atoms with E-state index >= 15 is 0 Å². The molecule has 0 saturated carbocycles. The van der Waals surface area contributed by atoms with Gasteiger partial charge in [0.15, 0.2) is 0 Å². The van der Waals surface area contributed by atoms with Crippen LogP contribution in [-0.4, -0.2) is 26.3 Å². The molecule has 0 radical (unpaired) electrons. The summed E-state index contributed by atoms with van der Waals surface area (Å²) in [6.45, 7) is 3.52. The Morgan fingerprint density at radius 1 is 1.23 bits per heavy atom. The first kappa shape index (κ1) is 15.6. The number of methoxy groups -OCH3 is 2. The van der Waals surface area contributed by atoms with Gasteiger partial charge in [-0.05, 0) is 38.1 Å². The lowest BCUT2D eigenvalue weighted by Crippen LogP contribution is -2.17. The standard InChI is InChI=1S/C16H18N2O4/c1-10-7-14(11(2)22-10)16(19)18-17-9-12-8-13(20-3)5-6-15(12)21-4/h5-9H,1-4H3,(H,18,19). The largest absolute Gasteiger partial charge is 0.497 e. The van der Waals surface area contributed by atoms with E-state index in [4.69, 9.17) is 13.9 Å². The number of nitrogens with zero attached hydrogens (tertiary/aromatic N) is 1. The average Bonchev–Trinajstić information content (AvgIpc) is 2.85. The number of benzene rings is 1. The van der Waals surface area contributed by atoms with E-state index in [9.17, 15) is 4.79 Å². The molecule has 1 heterocycles. The Balaban J connectivity index is 2.12. The zero-order valence-corrected chi connectivity index (χ0v) is 13.0. The Kier molecular flexibility index (Phi) is 4.83. The fourth-order valence-electron chi connectivity index (χ4n) is 2.02. The maximum atomic E-state index is 12.0. The highest BCUT2D eigenvalue weighted by Gasteiger charge is 2.12. The van der Waals surface area contributed by atoms with Gasteiger partial charge in [0.1, 0.15) is 23.0 Å². The molecule has 0 aliphatic heterocycles. The molecule has 22 heavy (non-hydrogen) atoms. The van der Waals surface area contributed by atoms with Gasteiger partial charge in [0, 0.05) is 5.56 Å². The number of furan rings is 1. The minimum Gasteiger partial charge on any atom is -0.497 e. The number of aryl methyl sites for hydroxylation is 2. The Morgan fingerprint density at radius 3 is 2.59 bits per heavy atom. The number of carbonyl (C=O) groups is 1. The molecule has 0 atom stereocenters. The van der Waals surface area contributed by atoms with E-state index in [-0.39, 0.29) is 5.91 Å². The Labute approximate surface area is 128 Å². The average molecular weight is 302 g/mol. The summed E-state index contributed by atoms with van der Waals surface area (Å²) < 4.78 is 15.7. The van der Waals surface area contributed by atoms with Crippen molar-refractivity contribution in [3.63, 3.8) is 0 Å². The molecule has 1 amide bonds. The van der Waals surface area contributed by atoms with E-state index < -0.39 is 0 Å². The maximum absolute atomic E-state index is 12.0. The lowest BCUT2D eigenvalue weighted by Gasteiger charge is -2.06. The molecule has 6 nitrogen and oxygen atoms in total. The van der Waals surface area contributed by atoms with Gasteiger partial charge in [-0.1, -0.05) is 0 Å². The summed E-state index contributed by atoms with van der Waals surface area (Å²) in [5.41, 5.74) is 3.63. The monoisotopic (exact) mass is 302 g/mol. The van der Waals surface area contributed by atoms with Crippen molar-refractivity contribution in [3.8, 4) is 11.5 Å². The van der Waals surface area contributed by atoms with Crippen molar-refractivity contribution in [2.45, 2.75) is 13.8 Å². The Bertz CT molecular complexity index is 704. The van der Waals surface area contributed by atoms with E-state index in [0.717, 1.165) is 0 Å². The number of hydrazone groups is 1. The molecule has 1 N–H and O–H groups in total. The first-order valence-corrected chi connectivity index (χ1v) is 6.67. The third kappa shape index (κ3) is 3.46. The molecule has 0 aliphatic rings. The van der Waals surface area contributed by atoms with Gasteiger partial charge in [-0.25, -0.2) is 5.43 Å². The summed E-state index contributed by atoms with van der Waals surface area (Å²) in [5.74, 6) is 2.22. The summed E-state index contributed by atoms with van der Waals surface area (Å²) in [7, 11) is 3.14. The normalized spacial score (nSPS) is 10.7. The molecule has 2 rings (SSSR count). The second kappa shape index (κ2) is 6.80. The Hall–Kier alpha value is -2.76. The first-order valence-electron chi connectivity index (χ1n) is 6.67. The molecule has 0 fully saturated rings. The van der Waals surface area contributed by atoms with Crippen molar-refractivity contribution in [1.29, 1.82) is 0 Å². The van der Waals surface area contributed by atoms with Gasteiger partial charge < -0.3 is 13.9 Å². The molecule has 116 valence electrons. The predicted molar refractivity (Wildman–Crippen MR) is 82.8 cm³/mol. The van der Waals surface area contributed by atoms with Gasteiger partial charge in [0.25, 0.3) is 5.91 Å². The summed E-state index contributed by atoms with van der Waals surface area (Å²) in [6, 6.07) is 6.99. The zero-order valence-electron chi connectivity index (χ0n) is 13.0. The summed E-state index contributed by atoms with van der Waals surface area (Å²) in [4.78, 5) is 12.0. The van der Waals surface area contributed by atoms with Gasteiger partial charge in [0.05, 0.1) is 26.0 Å². The van der Waals surface area contributed by atoms with Crippen LogP contribution in [0, 0.1) is 13.8 Å². The molecule has 2 aromatic rings. The van der Waals surface area contributed by atoms with Crippen LogP contribution >= 0.6 is 0 Å². The molecule has 0 aliphatic carbocycles. The van der Waals surface area contributed by atoms with Gasteiger partial charge in [-0.3, -0.25) is 4.79 Å². The molecule has 0 saturated heterocycles. The zero-order chi connectivity index (χ0) is 16.1. The molecule has 0 bridgehead atoms. The molecule has 1 aromatic carbocycles. The van der Waals surface area contributed by atoms with Crippen molar-refractivity contribution in [2.24, 2.45) is 5.10 Å². The van der Waals surface area contributed by atoms with Crippen LogP contribution in [0.15, 0.2) is 33.8 Å². The third-order valence-electron chi connectivity index (χ3n) is 3.09. The van der Waals surface area contributed by atoms with Crippen LogP contribution in [0.25, 0.3) is 0 Å². The first-order chi connectivity index (χ1) is 10.5. The van der Waals surface area contributed by atoms with Crippen LogP contribution in [0.2, 0.25) is 0 Å². The molecular weight excluding hydrogens is 284 g/mol. The van der Waals surface area contributed by atoms with Crippen LogP contribution in [0.4, 0.5) is 0 Å². The summed E-state index contributed by atoms with van der Waals surface area (Å²) in [6.07, 6.45) is 1.50. The minimum atomic E-state index is -0.326. The maximum Gasteiger partial charge on any atom is 0.274 e.